The van der Waals surface area contributed by atoms with Gasteiger partial charge in [0, 0.05) is 12.7 Å². The summed E-state index contributed by atoms with van der Waals surface area (Å²) in [5.74, 6) is 0. The molecule has 13 heavy (non-hydrogen) atoms. The molecular weight excluding hydrogens is 166 g/mol. The zero-order chi connectivity index (χ0) is 10.6. The van der Waals surface area contributed by atoms with Crippen LogP contribution >= 0.6 is 0 Å². The first kappa shape index (κ1) is 11.8. The third kappa shape index (κ3) is 4.35. The van der Waals surface area contributed by atoms with Crippen molar-refractivity contribution in [3.8, 4) is 0 Å². The Labute approximate surface area is 79.7 Å². The van der Waals surface area contributed by atoms with E-state index in [1.807, 2.05) is 20.8 Å². The zero-order valence-electron chi connectivity index (χ0n) is 8.76. The smallest absolute Gasteiger partial charge is 0.414 e. The molecule has 0 radical (unpaired) electrons. The molecule has 0 fully saturated rings. The number of amides is 1. The highest BCUT2D eigenvalue weighted by molar-refractivity contribution is 5.70. The van der Waals surface area contributed by atoms with Gasteiger partial charge in [-0.3, -0.25) is 4.90 Å². The lowest BCUT2D eigenvalue weighted by atomic mass is 10.2. The third-order valence-corrected chi connectivity index (χ3v) is 1.33. The van der Waals surface area contributed by atoms with Crippen molar-refractivity contribution < 1.29 is 9.53 Å². The van der Waals surface area contributed by atoms with E-state index in [4.69, 9.17) is 4.74 Å². The molecule has 0 aromatic heterocycles. The molecule has 0 saturated heterocycles. The highest BCUT2D eigenvalue weighted by Crippen LogP contribution is 2.11. The van der Waals surface area contributed by atoms with Crippen LogP contribution in [0.25, 0.3) is 0 Å². The fraction of sp³-hybridized carbons (Fsp3) is 0.500. The topological polar surface area (TPSA) is 29.5 Å². The Hall–Kier alpha value is -1.25. The number of carbonyl (C=O) groups excluding carboxylic acids is 1. The van der Waals surface area contributed by atoms with Crippen LogP contribution in [0.3, 0.4) is 0 Å². The van der Waals surface area contributed by atoms with Gasteiger partial charge in [-0.05, 0) is 26.8 Å². The molecule has 74 valence electrons. The van der Waals surface area contributed by atoms with Crippen LogP contribution in [0, 0.1) is 0 Å². The fourth-order valence-corrected chi connectivity index (χ4v) is 0.585. The molecule has 0 aromatic carbocycles. The van der Waals surface area contributed by atoms with Crippen molar-refractivity contribution in [3.63, 3.8) is 0 Å². The van der Waals surface area contributed by atoms with Gasteiger partial charge in [0.05, 0.1) is 0 Å². The maximum atomic E-state index is 11.4. The average molecular weight is 183 g/mol. The lowest BCUT2D eigenvalue weighted by molar-refractivity contribution is 0.0360. The van der Waals surface area contributed by atoms with Crippen molar-refractivity contribution >= 4 is 6.09 Å². The van der Waals surface area contributed by atoms with Crippen molar-refractivity contribution in [2.45, 2.75) is 26.4 Å². The van der Waals surface area contributed by atoms with Gasteiger partial charge in [0.1, 0.15) is 5.60 Å². The van der Waals surface area contributed by atoms with Gasteiger partial charge >= 0.3 is 6.09 Å². The molecule has 0 aliphatic rings. The molecule has 3 nitrogen and oxygen atoms in total. The molecule has 0 atom stereocenters. The Morgan fingerprint density at radius 1 is 1.46 bits per heavy atom. The zero-order valence-corrected chi connectivity index (χ0v) is 8.76. The van der Waals surface area contributed by atoms with Crippen LogP contribution in [0.1, 0.15) is 20.8 Å². The fourth-order valence-electron chi connectivity index (χ4n) is 0.585. The van der Waals surface area contributed by atoms with Crippen molar-refractivity contribution in [1.29, 1.82) is 0 Å². The standard InChI is InChI=1S/C10H17NO2/c1-7-8(2)11(6)9(12)13-10(3,4)5/h7H,1-2H2,3-6H3. The summed E-state index contributed by atoms with van der Waals surface area (Å²) in [4.78, 5) is 12.7. The Balaban J connectivity index is 4.28. The molecule has 0 aliphatic carbocycles. The second-order valence-electron chi connectivity index (χ2n) is 3.73. The Morgan fingerprint density at radius 2 is 1.92 bits per heavy atom. The monoisotopic (exact) mass is 183 g/mol. The molecule has 0 unspecified atom stereocenters. The van der Waals surface area contributed by atoms with Crippen LogP contribution in [0.15, 0.2) is 24.9 Å². The van der Waals surface area contributed by atoms with E-state index in [1.54, 1.807) is 7.05 Å². The first-order valence-corrected chi connectivity index (χ1v) is 4.06. The van der Waals surface area contributed by atoms with Crippen LogP contribution in [0.2, 0.25) is 0 Å². The second kappa shape index (κ2) is 4.12. The second-order valence-corrected chi connectivity index (χ2v) is 3.73. The summed E-state index contributed by atoms with van der Waals surface area (Å²) in [6.07, 6.45) is 1.08. The number of hydrogen-bond donors (Lipinski definition) is 0. The van der Waals surface area contributed by atoms with Crippen molar-refractivity contribution in [1.82, 2.24) is 4.90 Å². The van der Waals surface area contributed by atoms with Crippen LogP contribution in [0.5, 0.6) is 0 Å². The lowest BCUT2D eigenvalue weighted by Crippen LogP contribution is -2.33. The Bertz CT molecular complexity index is 226. The predicted molar refractivity (Wildman–Crippen MR) is 53.3 cm³/mol. The largest absolute Gasteiger partial charge is 0.443 e. The van der Waals surface area contributed by atoms with Crippen LogP contribution in [0.4, 0.5) is 4.79 Å². The number of ether oxygens (including phenoxy) is 1. The maximum absolute atomic E-state index is 11.4. The Kier molecular flexibility index (Phi) is 3.72. The number of allylic oxidation sites excluding steroid dienone is 1. The van der Waals surface area contributed by atoms with E-state index in [0.717, 1.165) is 0 Å². The summed E-state index contributed by atoms with van der Waals surface area (Å²) in [5.41, 5.74) is 0.0431. The van der Waals surface area contributed by atoms with E-state index in [-0.39, 0.29) is 0 Å². The number of rotatable bonds is 2. The Morgan fingerprint density at radius 3 is 2.23 bits per heavy atom. The van der Waals surface area contributed by atoms with Crippen LogP contribution < -0.4 is 0 Å². The molecule has 0 rings (SSSR count). The molecule has 0 heterocycles. The number of hydrogen-bond acceptors (Lipinski definition) is 2. The van der Waals surface area contributed by atoms with E-state index in [2.05, 4.69) is 13.2 Å². The average Bonchev–Trinajstić information content (AvgIpc) is 1.98. The van der Waals surface area contributed by atoms with Gasteiger partial charge in [-0.2, -0.15) is 0 Å². The van der Waals surface area contributed by atoms with Gasteiger partial charge in [0.15, 0.2) is 0 Å². The van der Waals surface area contributed by atoms with Gasteiger partial charge in [0.25, 0.3) is 0 Å². The molecular formula is C10H17NO2. The summed E-state index contributed by atoms with van der Waals surface area (Å²) >= 11 is 0. The molecule has 0 aliphatic heterocycles. The summed E-state index contributed by atoms with van der Waals surface area (Å²) in [7, 11) is 1.60. The van der Waals surface area contributed by atoms with E-state index in [0.29, 0.717) is 5.70 Å². The molecule has 3 heteroatoms. The highest BCUT2D eigenvalue weighted by atomic mass is 16.6. The summed E-state index contributed by atoms with van der Waals surface area (Å²) < 4.78 is 5.10. The van der Waals surface area contributed by atoms with E-state index < -0.39 is 11.7 Å². The highest BCUT2D eigenvalue weighted by Gasteiger charge is 2.19. The van der Waals surface area contributed by atoms with Gasteiger partial charge in [-0.1, -0.05) is 13.2 Å². The van der Waals surface area contributed by atoms with Gasteiger partial charge in [-0.25, -0.2) is 4.79 Å². The molecule has 0 N–H and O–H groups in total. The number of carbonyl (C=O) groups is 1. The van der Waals surface area contributed by atoms with E-state index in [1.165, 1.54) is 11.0 Å². The molecule has 0 spiro atoms. The minimum atomic E-state index is -0.479. The normalized spacial score (nSPS) is 10.5. The van der Waals surface area contributed by atoms with Crippen molar-refractivity contribution in [2.75, 3.05) is 7.05 Å². The SMILES string of the molecule is C=CC(=C)N(C)C(=O)OC(C)(C)C. The molecule has 0 bridgehead atoms. The first-order valence-electron chi connectivity index (χ1n) is 4.06. The minimum absolute atomic E-state index is 0.419. The first-order chi connectivity index (χ1) is 5.78. The van der Waals surface area contributed by atoms with Gasteiger partial charge in [-0.15, -0.1) is 0 Å². The molecule has 0 saturated carbocycles. The lowest BCUT2D eigenvalue weighted by Gasteiger charge is -2.24. The number of nitrogens with zero attached hydrogens (tertiary/aromatic N) is 1. The third-order valence-electron chi connectivity index (χ3n) is 1.33. The molecule has 0 aromatic rings. The van der Waals surface area contributed by atoms with Crippen molar-refractivity contribution in [2.24, 2.45) is 0 Å². The van der Waals surface area contributed by atoms with Gasteiger partial charge < -0.3 is 4.74 Å². The maximum Gasteiger partial charge on any atom is 0.414 e. The van der Waals surface area contributed by atoms with Crippen molar-refractivity contribution in [3.05, 3.63) is 24.9 Å². The summed E-state index contributed by atoms with van der Waals surface area (Å²) in [5, 5.41) is 0. The quantitative estimate of drug-likeness (QED) is 0.616. The van der Waals surface area contributed by atoms with Crippen LogP contribution in [-0.2, 0) is 4.74 Å². The summed E-state index contributed by atoms with van der Waals surface area (Å²) in [6.45, 7) is 12.6. The van der Waals surface area contributed by atoms with Crippen LogP contribution in [-0.4, -0.2) is 23.6 Å². The summed E-state index contributed by atoms with van der Waals surface area (Å²) in [6, 6.07) is 0. The molecule has 1 amide bonds. The van der Waals surface area contributed by atoms with E-state index >= 15 is 0 Å². The number of likely N-dealkylation sites (N-methyl/N-ethyl adjacent to an activating group) is 1. The van der Waals surface area contributed by atoms with Gasteiger partial charge in [0.2, 0.25) is 0 Å². The minimum Gasteiger partial charge on any atom is -0.443 e. The predicted octanol–water partition coefficient (Wildman–Crippen LogP) is 2.55. The van der Waals surface area contributed by atoms with E-state index in [9.17, 15) is 4.79 Å².